The number of aliphatic carboxylic acids is 1. The Morgan fingerprint density at radius 2 is 1.62 bits per heavy atom. The quantitative estimate of drug-likeness (QED) is 0.322. The van der Waals surface area contributed by atoms with Crippen molar-refractivity contribution in [1.29, 1.82) is 0 Å². The molecular weight excluding hydrogens is 308 g/mol. The Morgan fingerprint density at radius 1 is 1.10 bits per heavy atom. The molecule has 0 radical (unpaired) electrons. The maximum Gasteiger partial charge on any atom is 0.325 e. The SMILES string of the molecule is CCCC(=O)OCCCOC(=O)CC(C(=O)O)S(=O)(=O)O. The fourth-order valence-electron chi connectivity index (χ4n) is 1.24. The van der Waals surface area contributed by atoms with Gasteiger partial charge in [0.05, 0.1) is 19.6 Å². The van der Waals surface area contributed by atoms with Crippen LogP contribution in [0.4, 0.5) is 0 Å². The zero-order valence-electron chi connectivity index (χ0n) is 11.5. The summed E-state index contributed by atoms with van der Waals surface area (Å²) in [5, 5.41) is 6.32. The monoisotopic (exact) mass is 326 g/mol. The van der Waals surface area contributed by atoms with Crippen molar-refractivity contribution < 1.29 is 41.9 Å². The lowest BCUT2D eigenvalue weighted by molar-refractivity contribution is -0.148. The fourth-order valence-corrected chi connectivity index (χ4v) is 1.84. The maximum atomic E-state index is 11.2. The first-order valence-corrected chi connectivity index (χ1v) is 7.69. The summed E-state index contributed by atoms with van der Waals surface area (Å²) in [6, 6.07) is 0. The highest BCUT2D eigenvalue weighted by Crippen LogP contribution is 2.06. The first-order valence-electron chi connectivity index (χ1n) is 6.18. The summed E-state index contributed by atoms with van der Waals surface area (Å²) in [4.78, 5) is 32.8. The second kappa shape index (κ2) is 9.29. The third-order valence-electron chi connectivity index (χ3n) is 2.26. The number of hydrogen-bond donors (Lipinski definition) is 2. The maximum absolute atomic E-state index is 11.2. The first kappa shape index (κ1) is 19.3. The number of carboxylic acid groups (broad SMARTS) is 1. The molecule has 0 fully saturated rings. The van der Waals surface area contributed by atoms with Crippen LogP contribution in [0.25, 0.3) is 0 Å². The van der Waals surface area contributed by atoms with Gasteiger partial charge >= 0.3 is 17.9 Å². The molecule has 0 rings (SSSR count). The van der Waals surface area contributed by atoms with Crippen LogP contribution in [0.5, 0.6) is 0 Å². The van der Waals surface area contributed by atoms with Crippen molar-refractivity contribution in [2.24, 2.45) is 0 Å². The molecular formula is C11H18O9S. The van der Waals surface area contributed by atoms with Gasteiger partial charge in [0, 0.05) is 12.8 Å². The van der Waals surface area contributed by atoms with Gasteiger partial charge in [-0.25, -0.2) is 0 Å². The van der Waals surface area contributed by atoms with Crippen LogP contribution >= 0.6 is 0 Å². The fraction of sp³-hybridized carbons (Fsp3) is 0.727. The van der Waals surface area contributed by atoms with Gasteiger partial charge in [-0.1, -0.05) is 6.92 Å². The molecule has 10 heteroatoms. The van der Waals surface area contributed by atoms with Gasteiger partial charge in [-0.3, -0.25) is 18.9 Å². The van der Waals surface area contributed by atoms with E-state index in [9.17, 15) is 22.8 Å². The zero-order chi connectivity index (χ0) is 16.5. The number of rotatable bonds is 10. The molecule has 0 aromatic carbocycles. The molecule has 0 bridgehead atoms. The normalized spacial score (nSPS) is 12.5. The topological polar surface area (TPSA) is 144 Å². The highest BCUT2D eigenvalue weighted by Gasteiger charge is 2.33. The highest BCUT2D eigenvalue weighted by atomic mass is 32.2. The molecule has 2 N–H and O–H groups in total. The van der Waals surface area contributed by atoms with Crippen LogP contribution in [0, 0.1) is 0 Å². The van der Waals surface area contributed by atoms with E-state index in [-0.39, 0.29) is 32.0 Å². The van der Waals surface area contributed by atoms with Crippen molar-refractivity contribution >= 4 is 28.0 Å². The summed E-state index contributed by atoms with van der Waals surface area (Å²) in [6.07, 6.45) is 0.142. The second-order valence-electron chi connectivity index (χ2n) is 4.09. The molecule has 9 nitrogen and oxygen atoms in total. The van der Waals surface area contributed by atoms with Crippen LogP contribution in [-0.2, 0) is 34.0 Å². The van der Waals surface area contributed by atoms with Gasteiger partial charge in [0.25, 0.3) is 10.1 Å². The number of carboxylic acids is 1. The molecule has 0 heterocycles. The van der Waals surface area contributed by atoms with E-state index < -0.39 is 33.7 Å². The van der Waals surface area contributed by atoms with Crippen molar-refractivity contribution in [3.05, 3.63) is 0 Å². The van der Waals surface area contributed by atoms with Crippen LogP contribution < -0.4 is 0 Å². The molecule has 1 unspecified atom stereocenters. The lowest BCUT2D eigenvalue weighted by Gasteiger charge is -2.09. The van der Waals surface area contributed by atoms with E-state index in [0.717, 1.165) is 0 Å². The van der Waals surface area contributed by atoms with E-state index >= 15 is 0 Å². The summed E-state index contributed by atoms with van der Waals surface area (Å²) in [7, 11) is -4.88. The molecule has 21 heavy (non-hydrogen) atoms. The van der Waals surface area contributed by atoms with Crippen LogP contribution in [0.2, 0.25) is 0 Å². The van der Waals surface area contributed by atoms with E-state index in [1.807, 2.05) is 6.92 Å². The average molecular weight is 326 g/mol. The minimum Gasteiger partial charge on any atom is -0.480 e. The zero-order valence-corrected chi connectivity index (χ0v) is 12.3. The Bertz CT molecular complexity index is 468. The van der Waals surface area contributed by atoms with E-state index in [0.29, 0.717) is 6.42 Å². The molecule has 0 aliphatic carbocycles. The van der Waals surface area contributed by atoms with Gasteiger partial charge < -0.3 is 14.6 Å². The Labute approximate surface area is 122 Å². The smallest absolute Gasteiger partial charge is 0.325 e. The molecule has 1 atom stereocenters. The molecule has 0 saturated carbocycles. The summed E-state index contributed by atoms with van der Waals surface area (Å²) in [6.45, 7) is 1.69. The number of hydrogen-bond acceptors (Lipinski definition) is 7. The summed E-state index contributed by atoms with van der Waals surface area (Å²) >= 11 is 0. The van der Waals surface area contributed by atoms with Gasteiger partial charge in [0.15, 0.2) is 5.25 Å². The van der Waals surface area contributed by atoms with Gasteiger partial charge in [0.1, 0.15) is 0 Å². The van der Waals surface area contributed by atoms with E-state index in [4.69, 9.17) is 14.4 Å². The number of carbonyl (C=O) groups excluding carboxylic acids is 2. The van der Waals surface area contributed by atoms with Gasteiger partial charge in [0.2, 0.25) is 0 Å². The standard InChI is InChI=1S/C11H18O9S/c1-2-4-9(12)19-5-3-6-20-10(13)7-8(11(14)15)21(16,17)18/h8H,2-7H2,1H3,(H,14,15)(H,16,17,18). The number of carbonyl (C=O) groups is 3. The predicted molar refractivity (Wildman–Crippen MR) is 69.0 cm³/mol. The average Bonchev–Trinajstić information content (AvgIpc) is 2.34. The molecule has 0 amide bonds. The highest BCUT2D eigenvalue weighted by molar-refractivity contribution is 7.87. The minimum absolute atomic E-state index is 0.0345. The lowest BCUT2D eigenvalue weighted by Crippen LogP contribution is -2.32. The van der Waals surface area contributed by atoms with E-state index in [1.165, 1.54) is 0 Å². The first-order chi connectivity index (χ1) is 9.68. The summed E-state index contributed by atoms with van der Waals surface area (Å²) in [5.41, 5.74) is 0. The predicted octanol–water partition coefficient (Wildman–Crippen LogP) is -0.00590. The second-order valence-corrected chi connectivity index (χ2v) is 5.69. The lowest BCUT2D eigenvalue weighted by atomic mass is 10.3. The van der Waals surface area contributed by atoms with E-state index in [2.05, 4.69) is 4.74 Å². The minimum atomic E-state index is -4.88. The Kier molecular flexibility index (Phi) is 8.55. The Morgan fingerprint density at radius 3 is 2.05 bits per heavy atom. The molecule has 0 aliphatic rings. The third kappa shape index (κ3) is 8.97. The molecule has 0 aromatic rings. The van der Waals surface area contributed by atoms with Gasteiger partial charge in [-0.15, -0.1) is 0 Å². The van der Waals surface area contributed by atoms with Gasteiger partial charge in [-0.05, 0) is 6.42 Å². The Hall–Kier alpha value is -1.68. The molecule has 0 aromatic heterocycles. The van der Waals surface area contributed by atoms with Crippen molar-refractivity contribution in [2.45, 2.75) is 37.9 Å². The van der Waals surface area contributed by atoms with Crippen molar-refractivity contribution in [1.82, 2.24) is 0 Å². The van der Waals surface area contributed by atoms with Crippen LogP contribution in [0.1, 0.15) is 32.6 Å². The van der Waals surface area contributed by atoms with Crippen LogP contribution in [0.3, 0.4) is 0 Å². The largest absolute Gasteiger partial charge is 0.480 e. The third-order valence-corrected chi connectivity index (χ3v) is 3.34. The molecule has 0 aliphatic heterocycles. The van der Waals surface area contributed by atoms with Gasteiger partial charge in [-0.2, -0.15) is 8.42 Å². The van der Waals surface area contributed by atoms with E-state index in [1.54, 1.807) is 0 Å². The van der Waals surface area contributed by atoms with Crippen LogP contribution in [-0.4, -0.2) is 54.4 Å². The van der Waals surface area contributed by atoms with Crippen molar-refractivity contribution in [3.8, 4) is 0 Å². The molecule has 0 saturated heterocycles. The van der Waals surface area contributed by atoms with Crippen molar-refractivity contribution in [2.75, 3.05) is 13.2 Å². The number of ether oxygens (including phenoxy) is 2. The Balaban J connectivity index is 4.00. The summed E-state index contributed by atoms with van der Waals surface area (Å²) in [5.74, 6) is -3.30. The molecule has 0 spiro atoms. The molecule has 122 valence electrons. The number of esters is 2. The van der Waals surface area contributed by atoms with Crippen molar-refractivity contribution in [3.63, 3.8) is 0 Å². The van der Waals surface area contributed by atoms with Crippen LogP contribution in [0.15, 0.2) is 0 Å². The summed E-state index contributed by atoms with van der Waals surface area (Å²) < 4.78 is 39.5.